The van der Waals surface area contributed by atoms with Crippen LogP contribution in [-0.2, 0) is 19.8 Å². The molecule has 1 aromatic carbocycles. The van der Waals surface area contributed by atoms with Gasteiger partial charge in [0, 0.05) is 12.1 Å². The molecule has 1 saturated carbocycles. The largest absolute Gasteiger partial charge is 0.324 e. The number of nitrogens with one attached hydrogen (secondary N) is 1. The minimum absolute atomic E-state index is 0.0647. The zero-order valence-electron chi connectivity index (χ0n) is 14.9. The van der Waals surface area contributed by atoms with Gasteiger partial charge in [-0.05, 0) is 35.5 Å². The van der Waals surface area contributed by atoms with Gasteiger partial charge >= 0.3 is 0 Å². The molecule has 0 spiro atoms. The molecule has 2 fully saturated rings. The number of hydrogen-bond acceptors (Lipinski definition) is 3. The molecular formula is C20H24N2O3. The molecule has 1 aliphatic heterocycles. The van der Waals surface area contributed by atoms with E-state index in [0.29, 0.717) is 0 Å². The number of carbonyl (C=O) groups is 3. The summed E-state index contributed by atoms with van der Waals surface area (Å²) in [5.41, 5.74) is 2.25. The Morgan fingerprint density at radius 2 is 1.80 bits per heavy atom. The first-order chi connectivity index (χ1) is 11.8. The molecule has 1 saturated heterocycles. The predicted octanol–water partition coefficient (Wildman–Crippen LogP) is 2.40. The van der Waals surface area contributed by atoms with Crippen LogP contribution >= 0.6 is 0 Å². The number of nitrogens with zero attached hydrogens (tertiary/aromatic N) is 1. The first-order valence-electron chi connectivity index (χ1n) is 8.70. The Kier molecular flexibility index (Phi) is 4.50. The lowest BCUT2D eigenvalue weighted by molar-refractivity contribution is -0.135. The average molecular weight is 340 g/mol. The van der Waals surface area contributed by atoms with E-state index in [4.69, 9.17) is 0 Å². The third kappa shape index (κ3) is 3.98. The molecule has 2 aliphatic rings. The third-order valence-electron chi connectivity index (χ3n) is 4.67. The van der Waals surface area contributed by atoms with E-state index in [0.717, 1.165) is 18.4 Å². The van der Waals surface area contributed by atoms with Crippen LogP contribution in [0.5, 0.6) is 0 Å². The van der Waals surface area contributed by atoms with Gasteiger partial charge in [0.05, 0.1) is 6.42 Å². The highest BCUT2D eigenvalue weighted by atomic mass is 16.2. The Bertz CT molecular complexity index is 724. The van der Waals surface area contributed by atoms with Gasteiger partial charge < -0.3 is 4.90 Å². The van der Waals surface area contributed by atoms with E-state index in [2.05, 4.69) is 38.2 Å². The van der Waals surface area contributed by atoms with Gasteiger partial charge in [-0.2, -0.15) is 0 Å². The van der Waals surface area contributed by atoms with Crippen LogP contribution in [0.3, 0.4) is 0 Å². The maximum Gasteiger partial charge on any atom is 0.249 e. The molecule has 1 N–H and O–H groups in total. The first kappa shape index (κ1) is 17.4. The first-order valence-corrected chi connectivity index (χ1v) is 8.70. The molecule has 1 heterocycles. The van der Waals surface area contributed by atoms with Gasteiger partial charge in [0.2, 0.25) is 17.7 Å². The van der Waals surface area contributed by atoms with Crippen molar-refractivity contribution in [3.8, 4) is 0 Å². The number of imide groups is 1. The summed E-state index contributed by atoms with van der Waals surface area (Å²) in [6.07, 6.45) is 5.10. The minimum Gasteiger partial charge on any atom is -0.324 e. The van der Waals surface area contributed by atoms with E-state index in [9.17, 15) is 14.4 Å². The van der Waals surface area contributed by atoms with E-state index >= 15 is 0 Å². The molecule has 3 rings (SSSR count). The predicted molar refractivity (Wildman–Crippen MR) is 95.6 cm³/mol. The van der Waals surface area contributed by atoms with Gasteiger partial charge in [-0.3, -0.25) is 19.7 Å². The van der Waals surface area contributed by atoms with Crippen LogP contribution in [0.1, 0.15) is 51.2 Å². The Morgan fingerprint density at radius 3 is 2.28 bits per heavy atom. The van der Waals surface area contributed by atoms with Crippen LogP contribution in [0.2, 0.25) is 0 Å². The fraction of sp³-hybridized carbons (Fsp3) is 0.450. The van der Waals surface area contributed by atoms with Crippen molar-refractivity contribution in [2.24, 2.45) is 0 Å². The molecular weight excluding hydrogens is 316 g/mol. The Morgan fingerprint density at radius 1 is 1.16 bits per heavy atom. The van der Waals surface area contributed by atoms with Gasteiger partial charge in [0.25, 0.3) is 0 Å². The lowest BCUT2D eigenvalue weighted by Gasteiger charge is -2.25. The van der Waals surface area contributed by atoms with E-state index in [-0.39, 0.29) is 35.6 Å². The summed E-state index contributed by atoms with van der Waals surface area (Å²) < 4.78 is 0. The summed E-state index contributed by atoms with van der Waals surface area (Å²) in [6.45, 7) is 6.47. The fourth-order valence-electron chi connectivity index (χ4n) is 3.05. The zero-order chi connectivity index (χ0) is 18.2. The molecule has 0 radical (unpaired) electrons. The van der Waals surface area contributed by atoms with E-state index in [1.54, 1.807) is 11.0 Å². The van der Waals surface area contributed by atoms with Gasteiger partial charge in [-0.15, -0.1) is 0 Å². The second-order valence-electron chi connectivity index (χ2n) is 7.81. The lowest BCUT2D eigenvalue weighted by Crippen LogP contribution is -2.45. The molecule has 5 nitrogen and oxygen atoms in total. The van der Waals surface area contributed by atoms with E-state index in [1.165, 1.54) is 11.6 Å². The monoisotopic (exact) mass is 340 g/mol. The van der Waals surface area contributed by atoms with Crippen LogP contribution < -0.4 is 5.32 Å². The van der Waals surface area contributed by atoms with Crippen LogP contribution in [0.25, 0.3) is 6.08 Å². The number of amides is 3. The van der Waals surface area contributed by atoms with Crippen LogP contribution in [0, 0.1) is 0 Å². The molecule has 0 bridgehead atoms. The van der Waals surface area contributed by atoms with Crippen LogP contribution in [0.4, 0.5) is 0 Å². The Hall–Kier alpha value is -2.43. The molecule has 1 atom stereocenters. The summed E-state index contributed by atoms with van der Waals surface area (Å²) in [6, 6.07) is 7.50. The molecule has 1 aliphatic carbocycles. The SMILES string of the molecule is CC(C)(C)c1ccc(/C=C/C(=O)N(C2CC2)C2CC(=O)NC2=O)cc1. The molecule has 0 aromatic heterocycles. The molecule has 25 heavy (non-hydrogen) atoms. The molecule has 1 unspecified atom stereocenters. The Balaban J connectivity index is 1.72. The standard InChI is InChI=1S/C20H24N2O3/c1-20(2,3)14-7-4-13(5-8-14)6-11-18(24)22(15-9-10-15)16-12-17(23)21-19(16)25/h4-8,11,15-16H,9-10,12H2,1-3H3,(H,21,23,25)/b11-6+. The maximum atomic E-state index is 12.6. The summed E-state index contributed by atoms with van der Waals surface area (Å²) in [4.78, 5) is 37.5. The maximum absolute atomic E-state index is 12.6. The highest BCUT2D eigenvalue weighted by Crippen LogP contribution is 2.31. The number of hydrogen-bond donors (Lipinski definition) is 1. The molecule has 132 valence electrons. The quantitative estimate of drug-likeness (QED) is 0.676. The van der Waals surface area contributed by atoms with Crippen molar-refractivity contribution < 1.29 is 14.4 Å². The van der Waals surface area contributed by atoms with Gasteiger partial charge in [-0.25, -0.2) is 0 Å². The second-order valence-corrected chi connectivity index (χ2v) is 7.81. The number of rotatable bonds is 4. The summed E-state index contributed by atoms with van der Waals surface area (Å²) >= 11 is 0. The smallest absolute Gasteiger partial charge is 0.249 e. The van der Waals surface area contributed by atoms with E-state index < -0.39 is 6.04 Å². The summed E-state index contributed by atoms with van der Waals surface area (Å²) in [7, 11) is 0. The van der Waals surface area contributed by atoms with Gasteiger partial charge in [0.15, 0.2) is 0 Å². The molecule has 1 aromatic rings. The van der Waals surface area contributed by atoms with Crippen molar-refractivity contribution in [1.29, 1.82) is 0 Å². The van der Waals surface area contributed by atoms with Gasteiger partial charge in [0.1, 0.15) is 6.04 Å². The van der Waals surface area contributed by atoms with Crippen molar-refractivity contribution in [3.63, 3.8) is 0 Å². The third-order valence-corrected chi connectivity index (χ3v) is 4.67. The normalized spacial score (nSPS) is 20.8. The second kappa shape index (κ2) is 6.47. The van der Waals surface area contributed by atoms with Crippen LogP contribution in [-0.4, -0.2) is 34.7 Å². The van der Waals surface area contributed by atoms with Crippen molar-refractivity contribution >= 4 is 23.8 Å². The average Bonchev–Trinajstić information content (AvgIpc) is 3.31. The molecule has 3 amide bonds. The van der Waals surface area contributed by atoms with Crippen molar-refractivity contribution in [2.45, 2.75) is 57.5 Å². The zero-order valence-corrected chi connectivity index (χ0v) is 14.9. The van der Waals surface area contributed by atoms with Crippen molar-refractivity contribution in [3.05, 3.63) is 41.5 Å². The van der Waals surface area contributed by atoms with E-state index in [1.807, 2.05) is 12.1 Å². The Labute approximate surface area is 148 Å². The number of carbonyl (C=O) groups excluding carboxylic acids is 3. The van der Waals surface area contributed by atoms with Crippen molar-refractivity contribution in [1.82, 2.24) is 10.2 Å². The van der Waals surface area contributed by atoms with Gasteiger partial charge in [-0.1, -0.05) is 45.0 Å². The summed E-state index contributed by atoms with van der Waals surface area (Å²) in [5.74, 6) is -0.888. The number of benzene rings is 1. The lowest BCUT2D eigenvalue weighted by atomic mass is 9.87. The van der Waals surface area contributed by atoms with Crippen molar-refractivity contribution in [2.75, 3.05) is 0 Å². The molecule has 5 heteroatoms. The van der Waals surface area contributed by atoms with Crippen LogP contribution in [0.15, 0.2) is 30.3 Å². The summed E-state index contributed by atoms with van der Waals surface area (Å²) in [5, 5.41) is 2.28. The highest BCUT2D eigenvalue weighted by Gasteiger charge is 2.43. The topological polar surface area (TPSA) is 66.5 Å². The fourth-order valence-corrected chi connectivity index (χ4v) is 3.05. The highest BCUT2D eigenvalue weighted by molar-refractivity contribution is 6.08. The minimum atomic E-state index is -0.666.